The van der Waals surface area contributed by atoms with Crippen LogP contribution in [0.25, 0.3) is 16.9 Å². The van der Waals surface area contributed by atoms with Crippen LogP contribution in [0.3, 0.4) is 0 Å². The molecule has 4 aromatic rings. The molecule has 0 amide bonds. The van der Waals surface area contributed by atoms with Crippen molar-refractivity contribution in [2.24, 2.45) is 0 Å². The highest BCUT2D eigenvalue weighted by Gasteiger charge is 2.31. The number of sulfone groups is 1. The number of nitrogens with zero attached hydrogens (tertiary/aromatic N) is 4. The lowest BCUT2D eigenvalue weighted by Gasteiger charge is -2.18. The van der Waals surface area contributed by atoms with Gasteiger partial charge in [0.1, 0.15) is 0 Å². The minimum atomic E-state index is -3.49. The summed E-state index contributed by atoms with van der Waals surface area (Å²) in [6.07, 6.45) is 7.02. The van der Waals surface area contributed by atoms with E-state index in [9.17, 15) is 8.42 Å². The maximum absolute atomic E-state index is 12.6. The predicted octanol–water partition coefficient (Wildman–Crippen LogP) is 4.51. The van der Waals surface area contributed by atoms with E-state index < -0.39 is 14.6 Å². The molecule has 32 heavy (non-hydrogen) atoms. The summed E-state index contributed by atoms with van der Waals surface area (Å²) in [5.41, 5.74) is 4.50. The molecule has 7 nitrogen and oxygen atoms in total. The third kappa shape index (κ3) is 4.40. The molecular weight excluding hydrogens is 422 g/mol. The zero-order chi connectivity index (χ0) is 22.8. The Morgan fingerprint density at radius 2 is 1.69 bits per heavy atom. The van der Waals surface area contributed by atoms with E-state index in [-0.39, 0.29) is 5.03 Å². The van der Waals surface area contributed by atoms with E-state index in [1.54, 1.807) is 51.5 Å². The first-order chi connectivity index (χ1) is 15.3. The third-order valence-electron chi connectivity index (χ3n) is 5.07. The van der Waals surface area contributed by atoms with E-state index in [4.69, 9.17) is 5.10 Å². The van der Waals surface area contributed by atoms with Crippen molar-refractivity contribution < 1.29 is 8.42 Å². The van der Waals surface area contributed by atoms with E-state index >= 15 is 0 Å². The number of nitrogens with one attached hydrogen (secondary N) is 1. The molecule has 0 fully saturated rings. The number of hydrogen-bond donors (Lipinski definition) is 1. The molecule has 0 aliphatic heterocycles. The molecule has 0 radical (unpaired) electrons. The average Bonchev–Trinajstić information content (AvgIpc) is 3.23. The van der Waals surface area contributed by atoms with Gasteiger partial charge in [0, 0.05) is 36.3 Å². The zero-order valence-electron chi connectivity index (χ0n) is 18.2. The Morgan fingerprint density at radius 3 is 2.31 bits per heavy atom. The van der Waals surface area contributed by atoms with Gasteiger partial charge in [-0.25, -0.2) is 18.1 Å². The minimum Gasteiger partial charge on any atom is -0.380 e. The second-order valence-corrected chi connectivity index (χ2v) is 11.0. The molecular formula is C24H25N5O2S. The maximum atomic E-state index is 12.6. The Morgan fingerprint density at radius 1 is 0.969 bits per heavy atom. The van der Waals surface area contributed by atoms with Gasteiger partial charge < -0.3 is 5.32 Å². The van der Waals surface area contributed by atoms with E-state index in [0.717, 1.165) is 28.2 Å². The van der Waals surface area contributed by atoms with Crippen LogP contribution in [0.4, 0.5) is 5.69 Å². The predicted molar refractivity (Wildman–Crippen MR) is 125 cm³/mol. The molecule has 0 atom stereocenters. The summed E-state index contributed by atoms with van der Waals surface area (Å²) >= 11 is 0. The summed E-state index contributed by atoms with van der Waals surface area (Å²) in [5.74, 6) is 0. The molecule has 0 unspecified atom stereocenters. The summed E-state index contributed by atoms with van der Waals surface area (Å²) < 4.78 is 26.1. The van der Waals surface area contributed by atoms with E-state index in [0.29, 0.717) is 6.54 Å². The van der Waals surface area contributed by atoms with Gasteiger partial charge in [-0.3, -0.25) is 4.98 Å². The summed E-state index contributed by atoms with van der Waals surface area (Å²) in [7, 11) is -3.49. The van der Waals surface area contributed by atoms with Crippen molar-refractivity contribution in [2.75, 3.05) is 5.32 Å². The molecule has 3 heterocycles. The fraction of sp³-hybridized carbons (Fsp3) is 0.208. The molecule has 0 saturated heterocycles. The van der Waals surface area contributed by atoms with Gasteiger partial charge in [0.15, 0.2) is 14.9 Å². The largest absolute Gasteiger partial charge is 0.380 e. The van der Waals surface area contributed by atoms with Crippen LogP contribution in [0, 0.1) is 0 Å². The van der Waals surface area contributed by atoms with Gasteiger partial charge in [-0.15, -0.1) is 0 Å². The standard InChI is InChI=1S/C24H25N5O2S/c1-24(2,3)32(30,31)22-10-9-20(16-27-22)26-15-19-17-29(21-7-5-4-6-8-21)28-23(19)18-11-13-25-14-12-18/h4-14,16-17,26H,15H2,1-3H3. The molecule has 3 aromatic heterocycles. The number of benzene rings is 1. The van der Waals surface area contributed by atoms with Gasteiger partial charge in [0.25, 0.3) is 0 Å². The molecule has 0 saturated carbocycles. The Labute approximate surface area is 188 Å². The van der Waals surface area contributed by atoms with Crippen molar-refractivity contribution in [1.82, 2.24) is 19.7 Å². The molecule has 0 aliphatic carbocycles. The van der Waals surface area contributed by atoms with Crippen LogP contribution < -0.4 is 5.32 Å². The molecule has 164 valence electrons. The van der Waals surface area contributed by atoms with Gasteiger partial charge in [-0.2, -0.15) is 5.10 Å². The summed E-state index contributed by atoms with van der Waals surface area (Å²) in [6, 6.07) is 17.0. The van der Waals surface area contributed by atoms with Gasteiger partial charge in [-0.1, -0.05) is 18.2 Å². The van der Waals surface area contributed by atoms with E-state index in [1.165, 1.54) is 0 Å². The summed E-state index contributed by atoms with van der Waals surface area (Å²) in [6.45, 7) is 5.50. The SMILES string of the molecule is CC(C)(C)S(=O)(=O)c1ccc(NCc2cn(-c3ccccc3)nc2-c2ccncc2)cn1. The van der Waals surface area contributed by atoms with Crippen LogP contribution in [0.2, 0.25) is 0 Å². The number of aromatic nitrogens is 4. The molecule has 8 heteroatoms. The number of para-hydroxylation sites is 1. The van der Waals surface area contributed by atoms with Crippen LogP contribution in [0.15, 0.2) is 84.4 Å². The smallest absolute Gasteiger partial charge is 0.200 e. The fourth-order valence-electron chi connectivity index (χ4n) is 3.16. The lowest BCUT2D eigenvalue weighted by molar-refractivity contribution is 0.556. The van der Waals surface area contributed by atoms with E-state index in [2.05, 4.69) is 15.3 Å². The second-order valence-electron chi connectivity index (χ2n) is 8.37. The normalized spacial score (nSPS) is 12.0. The maximum Gasteiger partial charge on any atom is 0.200 e. The number of anilines is 1. The Hall–Kier alpha value is -3.52. The highest BCUT2D eigenvalue weighted by Crippen LogP contribution is 2.26. The fourth-order valence-corrected chi connectivity index (χ4v) is 4.23. The zero-order valence-corrected chi connectivity index (χ0v) is 19.0. The third-order valence-corrected chi connectivity index (χ3v) is 7.47. The second kappa shape index (κ2) is 8.55. The molecule has 4 rings (SSSR count). The summed E-state index contributed by atoms with van der Waals surface area (Å²) in [4.78, 5) is 8.28. The Kier molecular flexibility index (Phi) is 5.80. The topological polar surface area (TPSA) is 89.8 Å². The van der Waals surface area contributed by atoms with Crippen molar-refractivity contribution >= 4 is 15.5 Å². The molecule has 0 spiro atoms. The van der Waals surface area contributed by atoms with Crippen LogP contribution in [-0.2, 0) is 16.4 Å². The van der Waals surface area contributed by atoms with Crippen molar-refractivity contribution in [3.63, 3.8) is 0 Å². The first-order valence-corrected chi connectivity index (χ1v) is 11.7. The Balaban J connectivity index is 1.60. The molecule has 1 N–H and O–H groups in total. The number of hydrogen-bond acceptors (Lipinski definition) is 6. The molecule has 0 aliphatic rings. The van der Waals surface area contributed by atoms with Gasteiger partial charge in [0.2, 0.25) is 0 Å². The first kappa shape index (κ1) is 21.7. The van der Waals surface area contributed by atoms with Crippen molar-refractivity contribution in [1.29, 1.82) is 0 Å². The monoisotopic (exact) mass is 447 g/mol. The van der Waals surface area contributed by atoms with Crippen LogP contribution in [0.1, 0.15) is 26.3 Å². The average molecular weight is 448 g/mol. The van der Waals surface area contributed by atoms with Crippen molar-refractivity contribution in [3.8, 4) is 16.9 Å². The highest BCUT2D eigenvalue weighted by atomic mass is 32.2. The minimum absolute atomic E-state index is 0.0740. The highest BCUT2D eigenvalue weighted by molar-refractivity contribution is 7.92. The van der Waals surface area contributed by atoms with Crippen LogP contribution >= 0.6 is 0 Å². The van der Waals surface area contributed by atoms with Gasteiger partial charge in [-0.05, 0) is 57.2 Å². The van der Waals surface area contributed by atoms with Gasteiger partial charge >= 0.3 is 0 Å². The quantitative estimate of drug-likeness (QED) is 0.468. The van der Waals surface area contributed by atoms with Crippen molar-refractivity contribution in [3.05, 3.63) is 84.9 Å². The van der Waals surface area contributed by atoms with E-state index in [1.807, 2.05) is 53.3 Å². The van der Waals surface area contributed by atoms with Crippen molar-refractivity contribution in [2.45, 2.75) is 37.1 Å². The lowest BCUT2D eigenvalue weighted by atomic mass is 10.1. The number of pyridine rings is 2. The van der Waals surface area contributed by atoms with Gasteiger partial charge in [0.05, 0.1) is 28.0 Å². The first-order valence-electron chi connectivity index (χ1n) is 10.2. The van der Waals surface area contributed by atoms with Crippen LogP contribution in [-0.4, -0.2) is 32.9 Å². The summed E-state index contributed by atoms with van der Waals surface area (Å²) in [5, 5.41) is 8.19. The number of rotatable bonds is 6. The molecule has 1 aromatic carbocycles. The Bertz CT molecular complexity index is 1290. The lowest BCUT2D eigenvalue weighted by Crippen LogP contribution is -2.28. The van der Waals surface area contributed by atoms with Crippen LogP contribution in [0.5, 0.6) is 0 Å². The molecule has 0 bridgehead atoms.